The van der Waals surface area contributed by atoms with Gasteiger partial charge in [0.15, 0.2) is 0 Å². The molecule has 0 saturated heterocycles. The fraction of sp³-hybridized carbons (Fsp3) is 0.571. The fourth-order valence-corrected chi connectivity index (χ4v) is 2.22. The molecule has 0 saturated carbocycles. The van der Waals surface area contributed by atoms with E-state index in [0.29, 0.717) is 6.61 Å². The van der Waals surface area contributed by atoms with Crippen LogP contribution in [0.4, 0.5) is 0 Å². The van der Waals surface area contributed by atoms with Gasteiger partial charge in [-0.25, -0.2) is 0 Å². The van der Waals surface area contributed by atoms with Gasteiger partial charge in [0.2, 0.25) is 0 Å². The summed E-state index contributed by atoms with van der Waals surface area (Å²) in [5.41, 5.74) is 1.42. The van der Waals surface area contributed by atoms with E-state index in [2.05, 4.69) is 30.3 Å². The maximum Gasteiger partial charge on any atom is 0.327 e. The van der Waals surface area contributed by atoms with Crippen LogP contribution in [0.2, 0.25) is 0 Å². The summed E-state index contributed by atoms with van der Waals surface area (Å²) in [5.74, 6) is 0. The molecule has 102 valence electrons. The Hall–Kier alpha value is -0.470. The maximum absolute atomic E-state index is 8.53. The molecule has 18 heavy (non-hydrogen) atoms. The van der Waals surface area contributed by atoms with Gasteiger partial charge in [-0.05, 0) is 24.8 Å². The third-order valence-electron chi connectivity index (χ3n) is 2.91. The first kappa shape index (κ1) is 15.6. The average molecular weight is 270 g/mol. The zero-order valence-corrected chi connectivity index (χ0v) is 11.7. The Labute approximate surface area is 111 Å². The largest absolute Gasteiger partial charge is 0.328 e. The summed E-state index contributed by atoms with van der Waals surface area (Å²) in [4.78, 5) is 17.1. The van der Waals surface area contributed by atoms with Crippen LogP contribution in [-0.4, -0.2) is 16.4 Å². The van der Waals surface area contributed by atoms with Crippen LogP contribution < -0.4 is 0 Å². The Morgan fingerprint density at radius 1 is 0.833 bits per heavy atom. The third kappa shape index (κ3) is 8.60. The summed E-state index contributed by atoms with van der Waals surface area (Å²) >= 11 is 0. The van der Waals surface area contributed by atoms with Gasteiger partial charge in [0.25, 0.3) is 0 Å². The smallest absolute Gasteiger partial charge is 0.327 e. The zero-order chi connectivity index (χ0) is 13.1. The Morgan fingerprint density at radius 2 is 1.44 bits per heavy atom. The normalized spacial score (nSPS) is 11.1. The Morgan fingerprint density at radius 3 is 2.11 bits per heavy atom. The van der Waals surface area contributed by atoms with E-state index < -0.39 is 8.60 Å². The highest BCUT2D eigenvalue weighted by Gasteiger charge is 1.98. The Bertz CT molecular complexity index is 290. The molecule has 0 aliphatic heterocycles. The topological polar surface area (TPSA) is 49.7 Å². The molecule has 0 aliphatic carbocycles. The number of rotatable bonds is 10. The molecular formula is C14H23O3P. The first-order valence-electron chi connectivity index (χ1n) is 6.64. The standard InChI is InChI=1S/C14H23O3P/c15-18(16)17-13-9-4-2-1-3-6-10-14-11-7-5-8-12-14/h5,7-8,11-12,15-16H,1-4,6,9-10,13H2. The lowest BCUT2D eigenvalue weighted by Crippen LogP contribution is -1.90. The van der Waals surface area contributed by atoms with Crippen LogP contribution in [-0.2, 0) is 10.9 Å². The molecule has 3 nitrogen and oxygen atoms in total. The minimum Gasteiger partial charge on any atom is -0.328 e. The highest BCUT2D eigenvalue weighted by Crippen LogP contribution is 2.24. The van der Waals surface area contributed by atoms with E-state index in [1.165, 1.54) is 37.7 Å². The number of hydrogen-bond donors (Lipinski definition) is 2. The summed E-state index contributed by atoms with van der Waals surface area (Å²) in [7, 11) is -2.16. The van der Waals surface area contributed by atoms with Crippen LogP contribution in [0.1, 0.15) is 44.1 Å². The lowest BCUT2D eigenvalue weighted by molar-refractivity contribution is 0.248. The monoisotopic (exact) mass is 270 g/mol. The quantitative estimate of drug-likeness (QED) is 0.502. The molecule has 0 unspecified atom stereocenters. The second-order valence-electron chi connectivity index (χ2n) is 4.44. The van der Waals surface area contributed by atoms with Gasteiger partial charge in [-0.15, -0.1) is 0 Å². The van der Waals surface area contributed by atoms with Crippen LogP contribution >= 0.6 is 8.60 Å². The van der Waals surface area contributed by atoms with Crippen molar-refractivity contribution in [3.8, 4) is 0 Å². The molecular weight excluding hydrogens is 247 g/mol. The molecule has 0 bridgehead atoms. The molecule has 0 atom stereocenters. The maximum atomic E-state index is 8.53. The predicted octanol–water partition coefficient (Wildman–Crippen LogP) is 3.80. The van der Waals surface area contributed by atoms with Crippen molar-refractivity contribution < 1.29 is 14.3 Å². The highest BCUT2D eigenvalue weighted by molar-refractivity contribution is 7.39. The first-order valence-corrected chi connectivity index (χ1v) is 7.80. The van der Waals surface area contributed by atoms with Crippen molar-refractivity contribution >= 4 is 8.60 Å². The van der Waals surface area contributed by atoms with Gasteiger partial charge in [-0.2, -0.15) is 0 Å². The lowest BCUT2D eigenvalue weighted by atomic mass is 10.1. The summed E-state index contributed by atoms with van der Waals surface area (Å²) in [5, 5.41) is 0. The van der Waals surface area contributed by atoms with Gasteiger partial charge < -0.3 is 14.3 Å². The van der Waals surface area contributed by atoms with Gasteiger partial charge >= 0.3 is 8.60 Å². The average Bonchev–Trinajstić information content (AvgIpc) is 2.37. The molecule has 2 N–H and O–H groups in total. The summed E-state index contributed by atoms with van der Waals surface area (Å²) in [6.45, 7) is 0.461. The summed E-state index contributed by atoms with van der Waals surface area (Å²) < 4.78 is 4.70. The zero-order valence-electron chi connectivity index (χ0n) is 10.8. The van der Waals surface area contributed by atoms with Crippen LogP contribution in [0.15, 0.2) is 30.3 Å². The highest BCUT2D eigenvalue weighted by atomic mass is 31.2. The molecule has 0 aromatic heterocycles. The second-order valence-corrected chi connectivity index (χ2v) is 5.21. The van der Waals surface area contributed by atoms with Crippen molar-refractivity contribution in [2.75, 3.05) is 6.61 Å². The van der Waals surface area contributed by atoms with E-state index in [-0.39, 0.29) is 0 Å². The van der Waals surface area contributed by atoms with Crippen molar-refractivity contribution in [3.05, 3.63) is 35.9 Å². The lowest BCUT2D eigenvalue weighted by Gasteiger charge is -2.04. The van der Waals surface area contributed by atoms with E-state index in [1.54, 1.807) is 0 Å². The molecule has 0 fully saturated rings. The molecule has 1 aromatic rings. The molecule has 0 amide bonds. The minimum absolute atomic E-state index is 0.461. The molecule has 0 radical (unpaired) electrons. The second kappa shape index (κ2) is 10.5. The number of aryl methyl sites for hydroxylation is 1. The number of benzene rings is 1. The van der Waals surface area contributed by atoms with Crippen molar-refractivity contribution in [2.45, 2.75) is 44.9 Å². The van der Waals surface area contributed by atoms with Crippen molar-refractivity contribution in [1.29, 1.82) is 0 Å². The molecule has 0 heterocycles. The van der Waals surface area contributed by atoms with Gasteiger partial charge in [0.05, 0.1) is 6.61 Å². The van der Waals surface area contributed by atoms with Crippen LogP contribution in [0.3, 0.4) is 0 Å². The molecule has 1 aromatic carbocycles. The van der Waals surface area contributed by atoms with Gasteiger partial charge in [-0.1, -0.05) is 56.0 Å². The van der Waals surface area contributed by atoms with Crippen LogP contribution in [0.25, 0.3) is 0 Å². The number of unbranched alkanes of at least 4 members (excludes halogenated alkanes) is 5. The SMILES string of the molecule is OP(O)OCCCCCCCCc1ccccc1. The third-order valence-corrected chi connectivity index (χ3v) is 3.32. The molecule has 0 spiro atoms. The van der Waals surface area contributed by atoms with E-state index in [1.807, 2.05) is 0 Å². The van der Waals surface area contributed by atoms with Crippen molar-refractivity contribution in [3.63, 3.8) is 0 Å². The van der Waals surface area contributed by atoms with E-state index in [4.69, 9.17) is 14.3 Å². The summed E-state index contributed by atoms with van der Waals surface area (Å²) in [6.07, 6.45) is 8.16. The first-order chi connectivity index (χ1) is 8.79. The van der Waals surface area contributed by atoms with Crippen LogP contribution in [0.5, 0.6) is 0 Å². The Kier molecular flexibility index (Phi) is 9.05. The molecule has 1 rings (SSSR count). The van der Waals surface area contributed by atoms with E-state index in [9.17, 15) is 0 Å². The summed E-state index contributed by atoms with van der Waals surface area (Å²) in [6, 6.07) is 10.6. The van der Waals surface area contributed by atoms with Gasteiger partial charge in [0, 0.05) is 0 Å². The van der Waals surface area contributed by atoms with Gasteiger partial charge in [-0.3, -0.25) is 0 Å². The predicted molar refractivity (Wildman–Crippen MR) is 75.2 cm³/mol. The van der Waals surface area contributed by atoms with E-state index >= 15 is 0 Å². The molecule has 0 aliphatic rings. The number of hydrogen-bond acceptors (Lipinski definition) is 3. The fourth-order valence-electron chi connectivity index (χ4n) is 1.93. The van der Waals surface area contributed by atoms with Crippen molar-refractivity contribution in [1.82, 2.24) is 0 Å². The minimum atomic E-state index is -2.16. The van der Waals surface area contributed by atoms with E-state index in [0.717, 1.165) is 12.8 Å². The van der Waals surface area contributed by atoms with Gasteiger partial charge in [0.1, 0.15) is 0 Å². The Balaban J connectivity index is 1.84. The van der Waals surface area contributed by atoms with Crippen molar-refractivity contribution in [2.24, 2.45) is 0 Å². The van der Waals surface area contributed by atoms with Crippen LogP contribution in [0, 0.1) is 0 Å². The molecule has 4 heteroatoms.